The molecule has 3 heterocycles. The molecule has 0 aliphatic rings. The Hall–Kier alpha value is -12.0. The van der Waals surface area contributed by atoms with Crippen LogP contribution in [0.25, 0.3) is 32.7 Å². The number of Topliss-reactive ketones (excluding diaryl/α,β-unsaturated/α-hetero) is 1. The first kappa shape index (κ1) is 115. The molecular weight excluding hydrogens is 1750 g/mol. The van der Waals surface area contributed by atoms with Gasteiger partial charge in [-0.05, 0) is 195 Å². The zero-order valence-electron chi connectivity index (χ0n) is 83.2. The van der Waals surface area contributed by atoms with E-state index in [-0.39, 0.29) is 160 Å². The van der Waals surface area contributed by atoms with E-state index in [9.17, 15) is 57.5 Å². The highest BCUT2D eigenvalue weighted by molar-refractivity contribution is 5.86. The minimum Gasteiger partial charge on any atom is -0.361 e. The van der Waals surface area contributed by atoms with Crippen molar-refractivity contribution in [1.82, 2.24) is 127 Å². The van der Waals surface area contributed by atoms with Crippen molar-refractivity contribution in [3.63, 3.8) is 0 Å². The van der Waals surface area contributed by atoms with Crippen LogP contribution < -0.4 is 135 Å². The Morgan fingerprint density at radius 2 is 0.577 bits per heavy atom. The first-order valence-corrected chi connectivity index (χ1v) is 49.2. The first-order chi connectivity index (χ1) is 65.6. The molecule has 11 atom stereocenters. The number of benzene rings is 3. The minimum absolute atomic E-state index is 0.00446. The number of para-hydroxylation sites is 3. The van der Waals surface area contributed by atoms with E-state index in [1.165, 1.54) is 24.9 Å². The van der Waals surface area contributed by atoms with E-state index >= 15 is 0 Å². The van der Waals surface area contributed by atoms with E-state index in [4.69, 9.17) is 22.9 Å². The third-order valence-electron chi connectivity index (χ3n) is 23.9. The van der Waals surface area contributed by atoms with E-state index in [0.29, 0.717) is 90.5 Å². The van der Waals surface area contributed by atoms with Crippen molar-refractivity contribution in [1.29, 1.82) is 0 Å². The summed E-state index contributed by atoms with van der Waals surface area (Å²) < 4.78 is 0. The number of unbranched alkanes of at least 4 members (excludes halogenated alkanes) is 4. The predicted molar refractivity (Wildman–Crippen MR) is 543 cm³/mol. The van der Waals surface area contributed by atoms with Crippen molar-refractivity contribution in [2.75, 3.05) is 92.1 Å². The third kappa shape index (κ3) is 47.5. The van der Waals surface area contributed by atoms with Gasteiger partial charge in [0.05, 0.1) is 18.1 Å². The Balaban J connectivity index is 0.000000488. The van der Waals surface area contributed by atoms with Crippen molar-refractivity contribution in [2.45, 2.75) is 272 Å². The molecular formula is C97H166N28O12. The summed E-state index contributed by atoms with van der Waals surface area (Å²) in [5.74, 6) is 0.159. The number of nitrogens with one attached hydrogen (secondary N) is 24. The summed E-state index contributed by atoms with van der Waals surface area (Å²) in [6.45, 7) is 26.8. The van der Waals surface area contributed by atoms with Crippen LogP contribution in [-0.4, -0.2) is 246 Å². The molecule has 0 spiro atoms. The maximum absolute atomic E-state index is 13.7. The second kappa shape index (κ2) is 64.9. The topological polar surface area (TPSA) is 609 Å². The number of nitrogens with two attached hydrogens (primary N) is 4. The highest BCUT2D eigenvalue weighted by Gasteiger charge is 2.28. The van der Waals surface area contributed by atoms with Crippen LogP contribution in [0.3, 0.4) is 0 Å². The molecule has 0 bridgehead atoms. The molecule has 0 saturated heterocycles. The first-order valence-electron chi connectivity index (χ1n) is 49.2. The summed E-state index contributed by atoms with van der Waals surface area (Å²) in [6, 6.07) is 16.1. The summed E-state index contributed by atoms with van der Waals surface area (Å²) in [4.78, 5) is 165. The summed E-state index contributed by atoms with van der Waals surface area (Å²) in [6.07, 6.45) is 17.3. The second-order valence-corrected chi connectivity index (χ2v) is 37.4. The van der Waals surface area contributed by atoms with Crippen molar-refractivity contribution < 1.29 is 57.5 Å². The Morgan fingerprint density at radius 3 is 0.920 bits per heavy atom. The fourth-order valence-corrected chi connectivity index (χ4v) is 15.6. The van der Waals surface area contributed by atoms with Crippen LogP contribution in [-0.2, 0) is 28.9 Å². The van der Waals surface area contributed by atoms with Crippen LogP contribution in [0.15, 0.2) is 91.4 Å². The number of hydrogen-bond acceptors (Lipinski definition) is 16. The molecule has 40 nitrogen and oxygen atoms in total. The van der Waals surface area contributed by atoms with E-state index < -0.39 is 66.4 Å². The smallest absolute Gasteiger partial charge is 0.315 e. The van der Waals surface area contributed by atoms with Crippen LogP contribution in [0.4, 0.5) is 47.9 Å². The molecule has 0 radical (unpaired) electrons. The molecule has 40 heteroatoms. The highest BCUT2D eigenvalue weighted by Crippen LogP contribution is 2.24. The molecule has 3 aromatic carbocycles. The SMILES string of the molecule is CC(=O)CC[C@@H](NC(=O)NC[C@H](CCCCN)NC(=O)NC[C@H](Cc1c[nH]c2ccccc12)NC(=O)NC[C@H](CCCCN)NC(=O)NC[C@@H](NC(=O)NC[C@@H](C)Cc1c[nH]c2ccccc12)C(C)C)C(C)C.CNC(=O)NC[C@H](CCCCN)NC(=O)NC[C@@H](NC(=O)NC[C@H](CCCCN)NC(=O)NC[C@@H](NC(=O)CC[C@H](Cc1c[nH]c2ccccc12)NC(=O)NC(C)C)C(C)C)C(C)C. The van der Waals surface area contributed by atoms with Gasteiger partial charge in [0.15, 0.2) is 0 Å². The molecule has 0 aliphatic carbocycles. The fraction of sp³-hybridized carbons (Fsp3) is 0.629. The Bertz CT molecular complexity index is 4580. The van der Waals surface area contributed by atoms with E-state index in [1.54, 1.807) is 0 Å². The number of fused-ring (bicyclic) bond motifs is 3. The molecule has 21 amide bonds. The van der Waals surface area contributed by atoms with Gasteiger partial charge in [-0.3, -0.25) is 4.79 Å². The van der Waals surface area contributed by atoms with Gasteiger partial charge in [-0.2, -0.15) is 0 Å². The maximum Gasteiger partial charge on any atom is 0.315 e. The molecule has 766 valence electrons. The summed E-state index contributed by atoms with van der Waals surface area (Å²) in [5, 5.41) is 64.4. The predicted octanol–water partition coefficient (Wildman–Crippen LogP) is 7.90. The van der Waals surface area contributed by atoms with Crippen LogP contribution in [0, 0.1) is 29.6 Å². The van der Waals surface area contributed by atoms with Crippen LogP contribution >= 0.6 is 0 Å². The quantitative estimate of drug-likeness (QED) is 0.0161. The Kier molecular flexibility index (Phi) is 54.7. The number of ketones is 1. The van der Waals surface area contributed by atoms with Crippen LogP contribution in [0.5, 0.6) is 0 Å². The molecule has 6 aromatic rings. The number of aromatic nitrogens is 3. The number of carbonyl (C=O) groups excluding carboxylic acids is 12. The fourth-order valence-electron chi connectivity index (χ4n) is 15.6. The number of rotatable bonds is 61. The number of amides is 21. The van der Waals surface area contributed by atoms with Gasteiger partial charge in [0.2, 0.25) is 5.91 Å². The normalized spacial score (nSPS) is 13.7. The van der Waals surface area contributed by atoms with Crippen LogP contribution in [0.2, 0.25) is 0 Å². The van der Waals surface area contributed by atoms with Crippen molar-refractivity contribution in [3.8, 4) is 0 Å². The molecule has 0 aliphatic heterocycles. The molecule has 0 fully saturated rings. The van der Waals surface area contributed by atoms with Gasteiger partial charge in [0.1, 0.15) is 5.78 Å². The number of carbonyl (C=O) groups is 12. The van der Waals surface area contributed by atoms with E-state index in [1.807, 2.05) is 155 Å². The molecule has 6 rings (SSSR count). The van der Waals surface area contributed by atoms with Gasteiger partial charge >= 0.3 is 60.3 Å². The zero-order chi connectivity index (χ0) is 101. The summed E-state index contributed by atoms with van der Waals surface area (Å²) >= 11 is 0. The van der Waals surface area contributed by atoms with Crippen LogP contribution in [0.1, 0.15) is 203 Å². The van der Waals surface area contributed by atoms with E-state index in [2.05, 4.69) is 140 Å². The van der Waals surface area contributed by atoms with E-state index in [0.717, 1.165) is 96.2 Å². The second-order valence-electron chi connectivity index (χ2n) is 37.4. The standard InChI is InChI=1S/C53H86N14O6.C44H80N14O6/c1-34(2)45(22-21-37(6)68)66-53(73)60-31-41(16-12-14-24-55)63-49(69)61-32-42(26-39-29-57-47-20-10-8-18-44(39)47)65-50(70)59-30-40(15-11-13-23-54)64-51(71)62-33-48(35(3)4)67-52(72)58-27-36(5)25-38-28-56-46-19-9-7-17-43(38)46;1-28(2)37(57-39(59)19-18-32(54-44(64)53-30(5)6)22-31-23-48-36-17-9-8-16-35(31)36)26-51-41(61)56-34(15-11-13-21-46)25-50-43(63)58-38(29(3)4)27-52-42(62)55-33(14-10-12-20-45)24-49-40(60)47-7/h7-10,17-20,28-29,34-36,40-42,45,48,56-57H,11-16,21-27,30-33,54-55H2,1-6H3,(H2,58,67,72)(H2,59,65,70)(H2,60,66,73)(H2,61,63,69)(H2,62,64,71);8-9,16-17,23,28-30,32-34,37-38,48H,10-15,18-22,24-27,45-46H2,1-7H3,(H,57,59)(H2,47,49,60)(H2,50,58,63)(H2,51,56,61)(H2,52,55,62)(H2,53,54,64)/t36-,40-,41-,42-,45+,48+;32-,33+,34+,37-,38-/m01/s1. The van der Waals surface area contributed by atoms with Crippen molar-refractivity contribution in [3.05, 3.63) is 108 Å². The molecule has 3 aromatic heterocycles. The van der Waals surface area contributed by atoms with Gasteiger partial charge in [-0.25, -0.2) is 47.9 Å². The number of H-pyrrole nitrogens is 3. The number of aromatic amines is 3. The van der Waals surface area contributed by atoms with Gasteiger partial charge in [0, 0.05) is 178 Å². The van der Waals surface area contributed by atoms with Gasteiger partial charge in [-0.15, -0.1) is 0 Å². The number of urea groups is 10. The molecule has 137 heavy (non-hydrogen) atoms. The Labute approximate surface area is 809 Å². The minimum atomic E-state index is -0.556. The largest absolute Gasteiger partial charge is 0.361 e. The lowest BCUT2D eigenvalue weighted by Gasteiger charge is -2.26. The van der Waals surface area contributed by atoms with Gasteiger partial charge < -0.3 is 154 Å². The lowest BCUT2D eigenvalue weighted by molar-refractivity contribution is -0.122. The zero-order valence-corrected chi connectivity index (χ0v) is 83.2. The lowest BCUT2D eigenvalue weighted by Crippen LogP contribution is -2.55. The highest BCUT2D eigenvalue weighted by atomic mass is 16.2. The molecule has 32 N–H and O–H groups in total. The summed E-state index contributed by atoms with van der Waals surface area (Å²) in [7, 11) is 1.52. The van der Waals surface area contributed by atoms with Gasteiger partial charge in [-0.1, -0.05) is 143 Å². The summed E-state index contributed by atoms with van der Waals surface area (Å²) in [5.41, 5.74) is 29.1. The Morgan fingerprint density at radius 1 is 0.285 bits per heavy atom. The molecule has 0 unspecified atom stereocenters. The average Bonchev–Trinajstić information content (AvgIpc) is 1.70. The number of hydrogen-bond donors (Lipinski definition) is 28. The van der Waals surface area contributed by atoms with Crippen molar-refractivity contribution >= 4 is 105 Å². The maximum atomic E-state index is 13.7. The third-order valence-corrected chi connectivity index (χ3v) is 23.9. The van der Waals surface area contributed by atoms with Gasteiger partial charge in [0.25, 0.3) is 0 Å². The monoisotopic (exact) mass is 1920 g/mol. The average molecular weight is 1920 g/mol. The van der Waals surface area contributed by atoms with Crippen molar-refractivity contribution in [2.24, 2.45) is 52.5 Å². The lowest BCUT2D eigenvalue weighted by atomic mass is 9.98. The molecule has 0 saturated carbocycles.